The smallest absolute Gasteiger partial charge is 0.0762 e. The van der Waals surface area contributed by atoms with E-state index >= 15 is 0 Å². The molecule has 0 aromatic heterocycles. The molecule has 1 aliphatic carbocycles. The van der Waals surface area contributed by atoms with Crippen LogP contribution >= 0.6 is 11.6 Å². The minimum atomic E-state index is -0.463. The van der Waals surface area contributed by atoms with Crippen LogP contribution in [0.25, 0.3) is 0 Å². The van der Waals surface area contributed by atoms with Crippen molar-refractivity contribution < 1.29 is 5.11 Å². The zero-order chi connectivity index (χ0) is 13.8. The SMILES string of the molecule is C[C@H](O)c1ccc(N(C)CC2CCCCC2)c(Cl)c1. The summed E-state index contributed by atoms with van der Waals surface area (Å²) < 4.78 is 0. The van der Waals surface area contributed by atoms with Gasteiger partial charge in [-0.05, 0) is 43.4 Å². The number of anilines is 1. The topological polar surface area (TPSA) is 23.5 Å². The fourth-order valence-electron chi connectivity index (χ4n) is 2.95. The van der Waals surface area contributed by atoms with Gasteiger partial charge in [-0.1, -0.05) is 36.9 Å². The van der Waals surface area contributed by atoms with E-state index in [1.54, 1.807) is 6.92 Å². The third kappa shape index (κ3) is 3.87. The van der Waals surface area contributed by atoms with Crippen LogP contribution in [0, 0.1) is 5.92 Å². The van der Waals surface area contributed by atoms with Crippen LogP contribution in [0.15, 0.2) is 18.2 Å². The molecule has 2 nitrogen and oxygen atoms in total. The highest BCUT2D eigenvalue weighted by Crippen LogP contribution is 2.31. The van der Waals surface area contributed by atoms with Crippen LogP contribution in [-0.2, 0) is 0 Å². The first-order valence-electron chi connectivity index (χ1n) is 7.26. The van der Waals surface area contributed by atoms with E-state index in [2.05, 4.69) is 11.9 Å². The van der Waals surface area contributed by atoms with Gasteiger partial charge in [0.15, 0.2) is 0 Å². The molecule has 1 atom stereocenters. The van der Waals surface area contributed by atoms with Gasteiger partial charge in [-0.25, -0.2) is 0 Å². The summed E-state index contributed by atoms with van der Waals surface area (Å²) in [6, 6.07) is 5.86. The molecule has 0 amide bonds. The molecule has 1 saturated carbocycles. The molecule has 1 aromatic rings. The fraction of sp³-hybridized carbons (Fsp3) is 0.625. The molecule has 106 valence electrons. The lowest BCUT2D eigenvalue weighted by molar-refractivity contribution is 0.199. The predicted molar refractivity (Wildman–Crippen MR) is 81.9 cm³/mol. The number of hydrogen-bond acceptors (Lipinski definition) is 2. The first-order chi connectivity index (χ1) is 9.08. The van der Waals surface area contributed by atoms with E-state index in [1.807, 2.05) is 18.2 Å². The van der Waals surface area contributed by atoms with Crippen molar-refractivity contribution in [2.24, 2.45) is 5.92 Å². The van der Waals surface area contributed by atoms with Gasteiger partial charge < -0.3 is 10.0 Å². The number of nitrogens with zero attached hydrogens (tertiary/aromatic N) is 1. The Hall–Kier alpha value is -0.730. The first kappa shape index (κ1) is 14.7. The van der Waals surface area contributed by atoms with Gasteiger partial charge in [-0.15, -0.1) is 0 Å². The van der Waals surface area contributed by atoms with Crippen LogP contribution in [0.3, 0.4) is 0 Å². The van der Waals surface area contributed by atoms with Gasteiger partial charge in [-0.2, -0.15) is 0 Å². The fourth-order valence-corrected chi connectivity index (χ4v) is 3.28. The molecule has 0 saturated heterocycles. The highest BCUT2D eigenvalue weighted by atomic mass is 35.5. The maximum absolute atomic E-state index is 9.57. The molecule has 1 fully saturated rings. The molecule has 0 unspecified atom stereocenters. The number of aliphatic hydroxyl groups is 1. The van der Waals surface area contributed by atoms with Crippen LogP contribution < -0.4 is 4.90 Å². The molecule has 2 rings (SSSR count). The number of benzene rings is 1. The Kier molecular flexibility index (Phi) is 5.12. The summed E-state index contributed by atoms with van der Waals surface area (Å²) in [5.74, 6) is 0.797. The zero-order valence-corrected chi connectivity index (χ0v) is 12.7. The molecule has 19 heavy (non-hydrogen) atoms. The van der Waals surface area contributed by atoms with Crippen molar-refractivity contribution in [2.75, 3.05) is 18.5 Å². The van der Waals surface area contributed by atoms with E-state index in [0.717, 1.165) is 28.7 Å². The number of hydrogen-bond donors (Lipinski definition) is 1. The molecular formula is C16H24ClNO. The Morgan fingerprint density at radius 3 is 2.58 bits per heavy atom. The Labute approximate surface area is 121 Å². The van der Waals surface area contributed by atoms with E-state index < -0.39 is 6.10 Å². The summed E-state index contributed by atoms with van der Waals surface area (Å²) in [5.41, 5.74) is 1.94. The summed E-state index contributed by atoms with van der Waals surface area (Å²) in [7, 11) is 2.11. The Bertz CT molecular complexity index is 413. The average molecular weight is 282 g/mol. The molecule has 0 radical (unpaired) electrons. The van der Waals surface area contributed by atoms with Gasteiger partial charge in [0.25, 0.3) is 0 Å². The highest BCUT2D eigenvalue weighted by Gasteiger charge is 2.17. The largest absolute Gasteiger partial charge is 0.389 e. The molecule has 1 aliphatic rings. The third-order valence-electron chi connectivity index (χ3n) is 4.12. The second-order valence-electron chi connectivity index (χ2n) is 5.77. The van der Waals surface area contributed by atoms with Crippen molar-refractivity contribution in [1.29, 1.82) is 0 Å². The monoisotopic (exact) mass is 281 g/mol. The van der Waals surface area contributed by atoms with Gasteiger partial charge in [-0.3, -0.25) is 0 Å². The van der Waals surface area contributed by atoms with Gasteiger partial charge in [0, 0.05) is 13.6 Å². The van der Waals surface area contributed by atoms with Crippen molar-refractivity contribution >= 4 is 17.3 Å². The summed E-state index contributed by atoms with van der Waals surface area (Å²) in [4.78, 5) is 2.25. The van der Waals surface area contributed by atoms with Crippen LogP contribution in [0.1, 0.15) is 50.7 Å². The molecule has 0 heterocycles. The molecule has 3 heteroatoms. The lowest BCUT2D eigenvalue weighted by Crippen LogP contribution is -2.27. The van der Waals surface area contributed by atoms with Gasteiger partial charge in [0.1, 0.15) is 0 Å². The Balaban J connectivity index is 2.03. The van der Waals surface area contributed by atoms with Gasteiger partial charge >= 0.3 is 0 Å². The lowest BCUT2D eigenvalue weighted by atomic mass is 9.89. The van der Waals surface area contributed by atoms with E-state index in [4.69, 9.17) is 11.6 Å². The molecular weight excluding hydrogens is 258 g/mol. The van der Waals surface area contributed by atoms with Crippen molar-refractivity contribution in [2.45, 2.75) is 45.1 Å². The summed E-state index contributed by atoms with van der Waals surface area (Å²) >= 11 is 6.33. The van der Waals surface area contributed by atoms with Crippen LogP contribution in [0.5, 0.6) is 0 Å². The van der Waals surface area contributed by atoms with E-state index in [-0.39, 0.29) is 0 Å². The number of aliphatic hydroxyl groups excluding tert-OH is 1. The second-order valence-corrected chi connectivity index (χ2v) is 6.18. The van der Waals surface area contributed by atoms with Crippen molar-refractivity contribution in [3.05, 3.63) is 28.8 Å². The second kappa shape index (κ2) is 6.62. The maximum Gasteiger partial charge on any atom is 0.0762 e. The number of halogens is 1. The van der Waals surface area contributed by atoms with Crippen LogP contribution in [-0.4, -0.2) is 18.7 Å². The lowest BCUT2D eigenvalue weighted by Gasteiger charge is -2.29. The summed E-state index contributed by atoms with van der Waals surface area (Å²) in [6.45, 7) is 2.84. The van der Waals surface area contributed by atoms with Crippen LogP contribution in [0.4, 0.5) is 5.69 Å². The minimum absolute atomic E-state index is 0.463. The maximum atomic E-state index is 9.57. The van der Waals surface area contributed by atoms with E-state index in [9.17, 15) is 5.11 Å². The first-order valence-corrected chi connectivity index (χ1v) is 7.64. The summed E-state index contributed by atoms with van der Waals surface area (Å²) in [6.07, 6.45) is 6.35. The quantitative estimate of drug-likeness (QED) is 0.884. The normalized spacial score (nSPS) is 18.3. The van der Waals surface area contributed by atoms with Crippen LogP contribution in [0.2, 0.25) is 5.02 Å². The molecule has 0 bridgehead atoms. The summed E-state index contributed by atoms with van der Waals surface area (Å²) in [5, 5.41) is 10.3. The average Bonchev–Trinajstić information content (AvgIpc) is 2.39. The molecule has 1 aromatic carbocycles. The van der Waals surface area contributed by atoms with Crippen molar-refractivity contribution in [3.63, 3.8) is 0 Å². The number of rotatable bonds is 4. The zero-order valence-electron chi connectivity index (χ0n) is 11.9. The third-order valence-corrected chi connectivity index (χ3v) is 4.42. The molecule has 0 spiro atoms. The predicted octanol–water partition coefficient (Wildman–Crippen LogP) is 4.41. The van der Waals surface area contributed by atoms with Crippen molar-refractivity contribution in [3.8, 4) is 0 Å². The van der Waals surface area contributed by atoms with Crippen molar-refractivity contribution in [1.82, 2.24) is 0 Å². The van der Waals surface area contributed by atoms with Gasteiger partial charge in [0.05, 0.1) is 16.8 Å². The van der Waals surface area contributed by atoms with Gasteiger partial charge in [0.2, 0.25) is 0 Å². The Morgan fingerprint density at radius 1 is 1.32 bits per heavy atom. The molecule has 0 aliphatic heterocycles. The molecule has 1 N–H and O–H groups in total. The van der Waals surface area contributed by atoms with E-state index in [0.29, 0.717) is 0 Å². The minimum Gasteiger partial charge on any atom is -0.389 e. The standard InChI is InChI=1S/C16H24ClNO/c1-12(19)14-8-9-16(15(17)10-14)18(2)11-13-6-4-3-5-7-13/h8-10,12-13,19H,3-7,11H2,1-2H3/t12-/m0/s1. The highest BCUT2D eigenvalue weighted by molar-refractivity contribution is 6.33. The Morgan fingerprint density at radius 2 is 2.00 bits per heavy atom. The van der Waals surface area contributed by atoms with E-state index in [1.165, 1.54) is 32.1 Å².